The van der Waals surface area contributed by atoms with Crippen molar-refractivity contribution in [2.75, 3.05) is 0 Å². The quantitative estimate of drug-likeness (QED) is 0.180. The standard InChI is InChI=1S/C51H30N2O2/c54-49-41-28-39-35-21-9-13-25-45(35)51(43-23-11-7-19-33(43)34-20-8-12-24-44(34)51)46(39)29-38(41)37-27-40-36-22-10-14-26-47(36)52(31-15-3-1-4-16-31)48(40)30-42(37)50(55)53(49)32-17-5-2-6-18-32/h1-30H. The van der Waals surface area contributed by atoms with Crippen molar-refractivity contribution in [3.63, 3.8) is 0 Å². The van der Waals surface area contributed by atoms with Gasteiger partial charge in [-0.3, -0.25) is 9.59 Å². The predicted molar refractivity (Wildman–Crippen MR) is 224 cm³/mol. The van der Waals surface area contributed by atoms with E-state index in [1.807, 2.05) is 54.6 Å². The van der Waals surface area contributed by atoms with Gasteiger partial charge in [-0.15, -0.1) is 0 Å². The fourth-order valence-electron chi connectivity index (χ4n) is 9.95. The van der Waals surface area contributed by atoms with Crippen LogP contribution in [0.3, 0.4) is 0 Å². The van der Waals surface area contributed by atoms with Crippen molar-refractivity contribution in [1.29, 1.82) is 0 Å². The second kappa shape index (κ2) is 10.9. The largest absolute Gasteiger partial charge is 0.309 e. The van der Waals surface area contributed by atoms with Gasteiger partial charge in [0.25, 0.3) is 11.1 Å². The van der Waals surface area contributed by atoms with E-state index in [1.165, 1.54) is 32.4 Å². The summed E-state index contributed by atoms with van der Waals surface area (Å²) in [5, 5.41) is 4.61. The van der Waals surface area contributed by atoms with Gasteiger partial charge in [0.1, 0.15) is 0 Å². The lowest BCUT2D eigenvalue weighted by atomic mass is 9.70. The minimum atomic E-state index is -0.597. The molecule has 2 heterocycles. The summed E-state index contributed by atoms with van der Waals surface area (Å²) < 4.78 is 3.59. The highest BCUT2D eigenvalue weighted by Crippen LogP contribution is 2.63. The van der Waals surface area contributed by atoms with Crippen LogP contribution in [0.2, 0.25) is 0 Å². The Hall–Kier alpha value is -7.30. The number of aromatic nitrogens is 2. The number of para-hydroxylation sites is 3. The van der Waals surface area contributed by atoms with E-state index in [2.05, 4.69) is 132 Å². The molecule has 10 aromatic rings. The van der Waals surface area contributed by atoms with Crippen LogP contribution >= 0.6 is 0 Å². The molecule has 0 unspecified atom stereocenters. The van der Waals surface area contributed by atoms with Gasteiger partial charge < -0.3 is 4.57 Å². The smallest absolute Gasteiger partial charge is 0.266 e. The van der Waals surface area contributed by atoms with Crippen molar-refractivity contribution in [2.45, 2.75) is 5.41 Å². The highest BCUT2D eigenvalue weighted by molar-refractivity contribution is 6.18. The van der Waals surface area contributed by atoms with Gasteiger partial charge in [-0.1, -0.05) is 127 Å². The first-order chi connectivity index (χ1) is 27.1. The molecule has 4 nitrogen and oxygen atoms in total. The minimum Gasteiger partial charge on any atom is -0.309 e. The summed E-state index contributed by atoms with van der Waals surface area (Å²) in [6.45, 7) is 0. The van der Waals surface area contributed by atoms with Crippen molar-refractivity contribution in [1.82, 2.24) is 9.13 Å². The van der Waals surface area contributed by atoms with Gasteiger partial charge >= 0.3 is 0 Å². The second-order valence-electron chi connectivity index (χ2n) is 14.7. The Morgan fingerprint density at radius 1 is 0.309 bits per heavy atom. The van der Waals surface area contributed by atoms with Crippen LogP contribution in [-0.2, 0) is 5.41 Å². The van der Waals surface area contributed by atoms with E-state index >= 15 is 9.59 Å². The lowest BCUT2D eigenvalue weighted by Gasteiger charge is -2.30. The Labute approximate surface area is 315 Å². The minimum absolute atomic E-state index is 0.337. The molecule has 0 radical (unpaired) electrons. The molecule has 8 aromatic carbocycles. The maximum absolute atomic E-state index is 15.2. The first kappa shape index (κ1) is 30.2. The zero-order chi connectivity index (χ0) is 36.4. The summed E-state index contributed by atoms with van der Waals surface area (Å²) in [7, 11) is 0. The maximum Gasteiger partial charge on any atom is 0.266 e. The summed E-state index contributed by atoms with van der Waals surface area (Å²) in [4.78, 5) is 30.3. The monoisotopic (exact) mass is 702 g/mol. The third-order valence-electron chi connectivity index (χ3n) is 12.1. The SMILES string of the molecule is O=c1c2cc3c(cc2c2cc4c5ccccc5n(-c5ccccc5)c4cc2c(=O)n1-c1ccccc1)C1(c2ccccc2-c2ccccc21)c1ccccc1-3. The Bertz CT molecular complexity index is 3370. The summed E-state index contributed by atoms with van der Waals surface area (Å²) >= 11 is 0. The van der Waals surface area contributed by atoms with Gasteiger partial charge in [0.15, 0.2) is 0 Å². The molecule has 2 aliphatic carbocycles. The van der Waals surface area contributed by atoms with Crippen molar-refractivity contribution < 1.29 is 0 Å². The van der Waals surface area contributed by atoms with Crippen LogP contribution in [-0.4, -0.2) is 9.13 Å². The molecule has 0 atom stereocenters. The normalized spacial score (nSPS) is 13.4. The predicted octanol–water partition coefficient (Wildman–Crippen LogP) is 10.9. The number of nitrogens with zero attached hydrogens (tertiary/aromatic N) is 2. The van der Waals surface area contributed by atoms with Crippen molar-refractivity contribution >= 4 is 43.4 Å². The first-order valence-electron chi connectivity index (χ1n) is 18.7. The van der Waals surface area contributed by atoms with E-state index in [0.717, 1.165) is 55.0 Å². The highest BCUT2D eigenvalue weighted by Gasteiger charge is 2.51. The van der Waals surface area contributed by atoms with E-state index in [0.29, 0.717) is 16.5 Å². The van der Waals surface area contributed by atoms with Crippen molar-refractivity contribution in [3.05, 3.63) is 225 Å². The molecule has 2 aromatic heterocycles. The molecule has 55 heavy (non-hydrogen) atoms. The molecular formula is C51H30N2O2. The first-order valence-corrected chi connectivity index (χ1v) is 18.7. The molecule has 0 aliphatic heterocycles. The Kier molecular flexibility index (Phi) is 5.97. The molecule has 0 N–H and O–H groups in total. The molecule has 0 amide bonds. The van der Waals surface area contributed by atoms with Gasteiger partial charge in [-0.05, 0) is 110 Å². The van der Waals surface area contributed by atoms with E-state index in [1.54, 1.807) is 0 Å². The van der Waals surface area contributed by atoms with Crippen LogP contribution in [0, 0.1) is 0 Å². The fraction of sp³-hybridized carbons (Fsp3) is 0.0196. The maximum atomic E-state index is 15.2. The average Bonchev–Trinajstić information content (AvgIpc) is 3.82. The molecule has 2 aliphatic rings. The van der Waals surface area contributed by atoms with Gasteiger partial charge in [-0.25, -0.2) is 4.57 Å². The van der Waals surface area contributed by atoms with Crippen LogP contribution in [0.5, 0.6) is 0 Å². The number of hydrogen-bond acceptors (Lipinski definition) is 2. The van der Waals surface area contributed by atoms with Crippen LogP contribution in [0.4, 0.5) is 0 Å². The zero-order valence-electron chi connectivity index (χ0n) is 29.5. The van der Waals surface area contributed by atoms with Crippen LogP contribution in [0.1, 0.15) is 22.3 Å². The van der Waals surface area contributed by atoms with E-state index in [4.69, 9.17) is 0 Å². The van der Waals surface area contributed by atoms with Gasteiger partial charge in [0.05, 0.1) is 27.5 Å². The van der Waals surface area contributed by atoms with E-state index < -0.39 is 5.41 Å². The summed E-state index contributed by atoms with van der Waals surface area (Å²) in [5.41, 5.74) is 11.5. The molecule has 4 heteroatoms. The van der Waals surface area contributed by atoms with E-state index in [9.17, 15) is 0 Å². The zero-order valence-corrected chi connectivity index (χ0v) is 29.5. The van der Waals surface area contributed by atoms with Crippen LogP contribution in [0.25, 0.3) is 77.0 Å². The van der Waals surface area contributed by atoms with E-state index in [-0.39, 0.29) is 11.1 Å². The van der Waals surface area contributed by atoms with Crippen molar-refractivity contribution in [3.8, 4) is 33.6 Å². The van der Waals surface area contributed by atoms with Crippen molar-refractivity contribution in [2.24, 2.45) is 0 Å². The second-order valence-corrected chi connectivity index (χ2v) is 14.7. The third-order valence-corrected chi connectivity index (χ3v) is 12.1. The van der Waals surface area contributed by atoms with Crippen LogP contribution in [0.15, 0.2) is 192 Å². The summed E-state index contributed by atoms with van der Waals surface area (Å²) in [6.07, 6.45) is 0. The van der Waals surface area contributed by atoms with Gasteiger partial charge in [0.2, 0.25) is 0 Å². The molecule has 0 saturated carbocycles. The summed E-state index contributed by atoms with van der Waals surface area (Å²) in [6, 6.07) is 62.5. The highest BCUT2D eigenvalue weighted by atomic mass is 16.2. The third kappa shape index (κ3) is 3.80. The molecule has 1 spiro atoms. The molecule has 0 bridgehead atoms. The van der Waals surface area contributed by atoms with Gasteiger partial charge in [0, 0.05) is 21.8 Å². The topological polar surface area (TPSA) is 44.0 Å². The molecule has 256 valence electrons. The number of rotatable bonds is 2. The number of benzene rings is 8. The number of fused-ring (bicyclic) bond motifs is 16. The van der Waals surface area contributed by atoms with Crippen LogP contribution < -0.4 is 11.1 Å². The molecule has 0 fully saturated rings. The average molecular weight is 703 g/mol. The molecule has 12 rings (SSSR count). The molecule has 0 saturated heterocycles. The lowest BCUT2D eigenvalue weighted by molar-refractivity contribution is 0.795. The number of hydrogen-bond donors (Lipinski definition) is 0. The lowest BCUT2D eigenvalue weighted by Crippen LogP contribution is -2.28. The fourth-order valence-corrected chi connectivity index (χ4v) is 9.95. The Morgan fingerprint density at radius 3 is 1.40 bits per heavy atom. The molecular weight excluding hydrogens is 673 g/mol. The Morgan fingerprint density at radius 2 is 0.782 bits per heavy atom. The summed E-state index contributed by atoms with van der Waals surface area (Å²) in [5.74, 6) is 0. The van der Waals surface area contributed by atoms with Gasteiger partial charge in [-0.2, -0.15) is 0 Å². The Balaban J connectivity index is 1.31.